The number of halogens is 2. The second-order valence-corrected chi connectivity index (χ2v) is 8.26. The van der Waals surface area contributed by atoms with E-state index in [1.54, 1.807) is 29.2 Å². The van der Waals surface area contributed by atoms with Gasteiger partial charge in [-0.2, -0.15) is 0 Å². The van der Waals surface area contributed by atoms with Gasteiger partial charge in [-0.3, -0.25) is 9.59 Å². The van der Waals surface area contributed by atoms with E-state index in [0.717, 1.165) is 0 Å². The third-order valence-electron chi connectivity index (χ3n) is 5.76. The van der Waals surface area contributed by atoms with Crippen molar-refractivity contribution in [2.45, 2.75) is 50.6 Å². The number of rotatable bonds is 4. The number of anilines is 1. The van der Waals surface area contributed by atoms with E-state index in [-0.39, 0.29) is 24.7 Å². The first-order valence-corrected chi connectivity index (χ1v) is 10.2. The first kappa shape index (κ1) is 21.6. The third-order valence-corrected chi connectivity index (χ3v) is 5.76. The Bertz CT molecular complexity index is 731. The highest BCUT2D eigenvalue weighted by atomic mass is 19.3. The zero-order chi connectivity index (χ0) is 21.1. The Balaban J connectivity index is 1.56. The minimum absolute atomic E-state index is 0.110. The van der Waals surface area contributed by atoms with E-state index in [2.05, 4.69) is 5.32 Å². The van der Waals surface area contributed by atoms with Gasteiger partial charge in [0.05, 0.1) is 5.60 Å². The average Bonchev–Trinajstić information content (AvgIpc) is 2.85. The number of carbonyl (C=O) groups excluding carboxylic acids is 2. The van der Waals surface area contributed by atoms with E-state index >= 15 is 0 Å². The smallest absolute Gasteiger partial charge is 0.253 e. The summed E-state index contributed by atoms with van der Waals surface area (Å²) in [7, 11) is 0. The molecule has 2 saturated heterocycles. The van der Waals surface area contributed by atoms with Crippen LogP contribution in [0.4, 0.5) is 14.5 Å². The summed E-state index contributed by atoms with van der Waals surface area (Å²) >= 11 is 0. The quantitative estimate of drug-likeness (QED) is 0.802. The fourth-order valence-electron chi connectivity index (χ4n) is 4.08. The number of alkyl halides is 2. The number of piperidine rings is 1. The topological polar surface area (TPSA) is 72.9 Å². The van der Waals surface area contributed by atoms with Gasteiger partial charge in [-0.25, -0.2) is 8.78 Å². The van der Waals surface area contributed by atoms with Gasteiger partial charge in [0.25, 0.3) is 11.8 Å². The second kappa shape index (κ2) is 8.75. The molecular formula is C21H29F2N3O3. The zero-order valence-corrected chi connectivity index (χ0v) is 16.8. The molecule has 0 aromatic heterocycles. The van der Waals surface area contributed by atoms with E-state index in [9.17, 15) is 23.5 Å². The molecule has 160 valence electrons. The Morgan fingerprint density at radius 1 is 1.03 bits per heavy atom. The van der Waals surface area contributed by atoms with Crippen LogP contribution < -0.4 is 5.32 Å². The Labute approximate surface area is 169 Å². The molecule has 6 nitrogen and oxygen atoms in total. The van der Waals surface area contributed by atoms with Crippen molar-refractivity contribution in [3.8, 4) is 0 Å². The lowest BCUT2D eigenvalue weighted by atomic mass is 9.93. The van der Waals surface area contributed by atoms with Crippen molar-refractivity contribution in [2.24, 2.45) is 0 Å². The number of nitrogens with zero attached hydrogens (tertiary/aromatic N) is 2. The van der Waals surface area contributed by atoms with Gasteiger partial charge in [-0.15, -0.1) is 0 Å². The first-order chi connectivity index (χ1) is 13.7. The van der Waals surface area contributed by atoms with Crippen LogP contribution in [0, 0.1) is 0 Å². The van der Waals surface area contributed by atoms with Crippen molar-refractivity contribution < 1.29 is 23.5 Å². The van der Waals surface area contributed by atoms with Gasteiger partial charge in [0.2, 0.25) is 5.91 Å². The SMILES string of the molecule is CC(=O)Nc1ccc(C(=O)N2CCC[C@@](O)(CN3CCC(F)(F)CC3)CC2)cc1. The van der Waals surface area contributed by atoms with Crippen LogP contribution in [-0.2, 0) is 4.79 Å². The number of likely N-dealkylation sites (tertiary alicyclic amines) is 2. The Morgan fingerprint density at radius 3 is 2.31 bits per heavy atom. The van der Waals surface area contributed by atoms with E-state index < -0.39 is 11.5 Å². The van der Waals surface area contributed by atoms with Crippen LogP contribution in [0.2, 0.25) is 0 Å². The van der Waals surface area contributed by atoms with Gasteiger partial charge in [0.1, 0.15) is 0 Å². The maximum Gasteiger partial charge on any atom is 0.253 e. The molecule has 2 heterocycles. The van der Waals surface area contributed by atoms with Crippen molar-refractivity contribution in [3.05, 3.63) is 29.8 Å². The summed E-state index contributed by atoms with van der Waals surface area (Å²) in [5, 5.41) is 13.7. The number of β-amino-alcohol motifs (C(OH)–C–C–N with tert-alkyl or cyclic N) is 1. The number of amides is 2. The standard InChI is InChI=1S/C21H29F2N3O3/c1-16(27)24-18-5-3-17(4-6-18)19(28)26-11-2-7-20(29,8-14-26)15-25-12-9-21(22,23)10-13-25/h3-6,29H,2,7-15H2,1H3,(H,24,27)/t20-/m0/s1. The molecule has 0 aliphatic carbocycles. The molecule has 0 bridgehead atoms. The summed E-state index contributed by atoms with van der Waals surface area (Å²) < 4.78 is 26.7. The molecule has 2 amide bonds. The highest BCUT2D eigenvalue weighted by molar-refractivity contribution is 5.95. The molecule has 2 N–H and O–H groups in total. The average molecular weight is 409 g/mol. The van der Waals surface area contributed by atoms with E-state index in [0.29, 0.717) is 63.2 Å². The molecule has 2 aliphatic heterocycles. The number of hydrogen-bond donors (Lipinski definition) is 2. The lowest BCUT2D eigenvalue weighted by Gasteiger charge is -2.37. The minimum Gasteiger partial charge on any atom is -0.388 e. The first-order valence-electron chi connectivity index (χ1n) is 10.2. The number of benzene rings is 1. The van der Waals surface area contributed by atoms with Gasteiger partial charge in [0, 0.05) is 63.7 Å². The summed E-state index contributed by atoms with van der Waals surface area (Å²) in [6.07, 6.45) is 1.31. The summed E-state index contributed by atoms with van der Waals surface area (Å²) in [6, 6.07) is 6.74. The summed E-state index contributed by atoms with van der Waals surface area (Å²) in [5.74, 6) is -2.88. The molecule has 1 aromatic rings. The van der Waals surface area contributed by atoms with Crippen molar-refractivity contribution in [1.29, 1.82) is 0 Å². The number of aliphatic hydroxyl groups is 1. The van der Waals surface area contributed by atoms with Crippen LogP contribution in [0.15, 0.2) is 24.3 Å². The predicted octanol–water partition coefficient (Wildman–Crippen LogP) is 2.73. The Kier molecular flexibility index (Phi) is 6.53. The number of hydrogen-bond acceptors (Lipinski definition) is 4. The molecule has 0 radical (unpaired) electrons. The summed E-state index contributed by atoms with van der Waals surface area (Å²) in [4.78, 5) is 27.6. The van der Waals surface area contributed by atoms with Gasteiger partial charge in [-0.1, -0.05) is 0 Å². The van der Waals surface area contributed by atoms with Gasteiger partial charge in [0.15, 0.2) is 0 Å². The molecule has 1 aromatic carbocycles. The molecule has 2 aliphatic rings. The largest absolute Gasteiger partial charge is 0.388 e. The second-order valence-electron chi connectivity index (χ2n) is 8.26. The Morgan fingerprint density at radius 2 is 1.69 bits per heavy atom. The van der Waals surface area contributed by atoms with Gasteiger partial charge >= 0.3 is 0 Å². The van der Waals surface area contributed by atoms with Crippen molar-refractivity contribution in [1.82, 2.24) is 9.80 Å². The van der Waals surface area contributed by atoms with Gasteiger partial charge < -0.3 is 20.2 Å². The van der Waals surface area contributed by atoms with Crippen molar-refractivity contribution >= 4 is 17.5 Å². The zero-order valence-electron chi connectivity index (χ0n) is 16.8. The molecule has 0 saturated carbocycles. The van der Waals surface area contributed by atoms with Crippen LogP contribution in [0.1, 0.15) is 49.4 Å². The Hall–Kier alpha value is -2.06. The van der Waals surface area contributed by atoms with Crippen LogP contribution in [-0.4, -0.2) is 71.0 Å². The number of carbonyl (C=O) groups is 2. The van der Waals surface area contributed by atoms with E-state index in [1.807, 2.05) is 4.90 Å². The summed E-state index contributed by atoms with van der Waals surface area (Å²) in [5.41, 5.74) is 0.200. The third kappa shape index (κ3) is 5.96. The fourth-order valence-corrected chi connectivity index (χ4v) is 4.08. The molecular weight excluding hydrogens is 380 g/mol. The van der Waals surface area contributed by atoms with Crippen molar-refractivity contribution in [2.75, 3.05) is 38.0 Å². The van der Waals surface area contributed by atoms with Crippen LogP contribution in [0.25, 0.3) is 0 Å². The molecule has 1 atom stereocenters. The highest BCUT2D eigenvalue weighted by Crippen LogP contribution is 2.30. The number of nitrogens with one attached hydrogen (secondary N) is 1. The maximum atomic E-state index is 13.4. The minimum atomic E-state index is -2.60. The lowest BCUT2D eigenvalue weighted by Crippen LogP contribution is -2.48. The monoisotopic (exact) mass is 409 g/mol. The molecule has 0 spiro atoms. The molecule has 29 heavy (non-hydrogen) atoms. The van der Waals surface area contributed by atoms with Crippen LogP contribution in [0.5, 0.6) is 0 Å². The maximum absolute atomic E-state index is 13.4. The normalized spacial score (nSPS) is 25.3. The molecule has 8 heteroatoms. The molecule has 3 rings (SSSR count). The van der Waals surface area contributed by atoms with Crippen LogP contribution in [0.3, 0.4) is 0 Å². The molecule has 0 unspecified atom stereocenters. The fraction of sp³-hybridized carbons (Fsp3) is 0.619. The lowest BCUT2D eigenvalue weighted by molar-refractivity contribution is -0.114. The van der Waals surface area contributed by atoms with Crippen molar-refractivity contribution in [3.63, 3.8) is 0 Å². The van der Waals surface area contributed by atoms with E-state index in [4.69, 9.17) is 0 Å². The van der Waals surface area contributed by atoms with Gasteiger partial charge in [-0.05, 0) is 43.5 Å². The van der Waals surface area contributed by atoms with Crippen LogP contribution >= 0.6 is 0 Å². The predicted molar refractivity (Wildman–Crippen MR) is 106 cm³/mol. The summed E-state index contributed by atoms with van der Waals surface area (Å²) in [6.45, 7) is 3.35. The highest BCUT2D eigenvalue weighted by Gasteiger charge is 2.38. The molecule has 2 fully saturated rings. The van der Waals surface area contributed by atoms with E-state index in [1.165, 1.54) is 6.92 Å².